The van der Waals surface area contributed by atoms with Crippen LogP contribution in [-0.2, 0) is 6.54 Å². The predicted octanol–water partition coefficient (Wildman–Crippen LogP) is 2.30. The predicted molar refractivity (Wildman–Crippen MR) is 65.7 cm³/mol. The van der Waals surface area contributed by atoms with Gasteiger partial charge >= 0.3 is 0 Å². The van der Waals surface area contributed by atoms with E-state index in [9.17, 15) is 5.11 Å². The Morgan fingerprint density at radius 1 is 1.44 bits per heavy atom. The number of aromatic hydroxyl groups is 1. The van der Waals surface area contributed by atoms with Crippen molar-refractivity contribution in [1.82, 2.24) is 5.32 Å². The van der Waals surface area contributed by atoms with Crippen molar-refractivity contribution in [1.29, 1.82) is 0 Å². The van der Waals surface area contributed by atoms with Crippen LogP contribution >= 0.6 is 11.6 Å². The van der Waals surface area contributed by atoms with Gasteiger partial charge in [0.15, 0.2) is 0 Å². The van der Waals surface area contributed by atoms with Crippen LogP contribution in [0.5, 0.6) is 5.75 Å². The normalized spacial score (nSPS) is 12.7. The number of halogens is 1. The van der Waals surface area contributed by atoms with E-state index in [0.29, 0.717) is 17.6 Å². The van der Waals surface area contributed by atoms with Crippen molar-refractivity contribution in [3.63, 3.8) is 0 Å². The van der Waals surface area contributed by atoms with E-state index in [0.717, 1.165) is 18.4 Å². The highest BCUT2D eigenvalue weighted by Crippen LogP contribution is 2.21. The number of nitrogens with one attached hydrogen (secondary N) is 1. The number of benzene rings is 1. The molecule has 1 aromatic carbocycles. The van der Waals surface area contributed by atoms with E-state index in [2.05, 4.69) is 12.2 Å². The Bertz CT molecular complexity index is 331. The van der Waals surface area contributed by atoms with Crippen LogP contribution in [0.4, 0.5) is 0 Å². The lowest BCUT2D eigenvalue weighted by atomic mass is 10.1. The molecule has 4 heteroatoms. The summed E-state index contributed by atoms with van der Waals surface area (Å²) in [6.45, 7) is 2.85. The van der Waals surface area contributed by atoms with Crippen LogP contribution in [0.3, 0.4) is 0 Å². The van der Waals surface area contributed by atoms with Gasteiger partial charge in [-0.15, -0.1) is 0 Å². The summed E-state index contributed by atoms with van der Waals surface area (Å²) < 4.78 is 0. The summed E-state index contributed by atoms with van der Waals surface area (Å²) in [6.07, 6.45) is 1.70. The zero-order valence-electron chi connectivity index (χ0n) is 9.41. The molecule has 3 N–H and O–H groups in total. The molecule has 1 unspecified atom stereocenters. The lowest BCUT2D eigenvalue weighted by molar-refractivity contribution is 0.276. The van der Waals surface area contributed by atoms with Gasteiger partial charge in [-0.05, 0) is 38.0 Å². The van der Waals surface area contributed by atoms with Crippen LogP contribution in [0.15, 0.2) is 18.2 Å². The number of phenolic OH excluding ortho intramolecular Hbond substituents is 1. The van der Waals surface area contributed by atoms with E-state index in [4.69, 9.17) is 16.7 Å². The van der Waals surface area contributed by atoms with E-state index in [-0.39, 0.29) is 12.4 Å². The fourth-order valence-corrected chi connectivity index (χ4v) is 1.67. The quantitative estimate of drug-likeness (QED) is 0.719. The second kappa shape index (κ2) is 6.74. The first-order valence-electron chi connectivity index (χ1n) is 5.45. The van der Waals surface area contributed by atoms with Gasteiger partial charge < -0.3 is 15.5 Å². The highest BCUT2D eigenvalue weighted by molar-refractivity contribution is 6.30. The number of aliphatic hydroxyl groups excluding tert-OH is 1. The third-order valence-electron chi connectivity index (χ3n) is 2.48. The molecule has 0 saturated heterocycles. The van der Waals surface area contributed by atoms with E-state index < -0.39 is 0 Å². The second-order valence-electron chi connectivity index (χ2n) is 3.92. The van der Waals surface area contributed by atoms with E-state index in [1.54, 1.807) is 18.2 Å². The molecule has 0 spiro atoms. The van der Waals surface area contributed by atoms with Gasteiger partial charge in [0, 0.05) is 29.8 Å². The minimum Gasteiger partial charge on any atom is -0.508 e. The van der Waals surface area contributed by atoms with Crippen molar-refractivity contribution in [2.75, 3.05) is 6.61 Å². The van der Waals surface area contributed by atoms with Gasteiger partial charge in [0.2, 0.25) is 0 Å². The molecule has 0 aliphatic heterocycles. The molecular weight excluding hydrogens is 226 g/mol. The fraction of sp³-hybridized carbons (Fsp3) is 0.500. The maximum Gasteiger partial charge on any atom is 0.120 e. The van der Waals surface area contributed by atoms with Gasteiger partial charge in [-0.1, -0.05) is 11.6 Å². The van der Waals surface area contributed by atoms with Crippen molar-refractivity contribution in [3.8, 4) is 5.75 Å². The molecule has 16 heavy (non-hydrogen) atoms. The first-order chi connectivity index (χ1) is 7.63. The van der Waals surface area contributed by atoms with Crippen LogP contribution in [0, 0.1) is 0 Å². The molecule has 0 heterocycles. The standard InChI is InChI=1S/C12H18ClNO2/c1-9(3-2-6-15)14-8-10-7-11(13)4-5-12(10)16/h4-5,7,9,14-16H,2-3,6,8H2,1H3. The molecule has 1 atom stereocenters. The Hall–Kier alpha value is -0.770. The Balaban J connectivity index is 2.44. The molecule has 0 bridgehead atoms. The Morgan fingerprint density at radius 3 is 2.88 bits per heavy atom. The summed E-state index contributed by atoms with van der Waals surface area (Å²) in [5, 5.41) is 22.2. The fourth-order valence-electron chi connectivity index (χ4n) is 1.48. The summed E-state index contributed by atoms with van der Waals surface area (Å²) >= 11 is 5.84. The third kappa shape index (κ3) is 4.39. The number of aliphatic hydroxyl groups is 1. The molecule has 1 rings (SSSR count). The van der Waals surface area contributed by atoms with Gasteiger partial charge in [-0.25, -0.2) is 0 Å². The molecule has 0 radical (unpaired) electrons. The minimum absolute atomic E-state index is 0.217. The molecule has 0 aliphatic carbocycles. The van der Waals surface area contributed by atoms with Gasteiger partial charge in [0.25, 0.3) is 0 Å². The summed E-state index contributed by atoms with van der Waals surface area (Å²) in [5.74, 6) is 0.256. The summed E-state index contributed by atoms with van der Waals surface area (Å²) in [7, 11) is 0. The van der Waals surface area contributed by atoms with Crippen LogP contribution in [0.25, 0.3) is 0 Å². The molecule has 90 valence electrons. The zero-order valence-corrected chi connectivity index (χ0v) is 10.2. The summed E-state index contributed by atoms with van der Waals surface area (Å²) in [6, 6.07) is 5.32. The van der Waals surface area contributed by atoms with Crippen LogP contribution in [-0.4, -0.2) is 22.9 Å². The maximum atomic E-state index is 9.59. The molecule has 0 fully saturated rings. The Kier molecular flexibility index (Phi) is 5.60. The smallest absolute Gasteiger partial charge is 0.120 e. The van der Waals surface area contributed by atoms with Crippen LogP contribution in [0.2, 0.25) is 5.02 Å². The average Bonchev–Trinajstić information content (AvgIpc) is 2.27. The van der Waals surface area contributed by atoms with E-state index in [1.165, 1.54) is 0 Å². The highest BCUT2D eigenvalue weighted by Gasteiger charge is 2.05. The van der Waals surface area contributed by atoms with Gasteiger partial charge in [0.05, 0.1) is 0 Å². The lowest BCUT2D eigenvalue weighted by Gasteiger charge is -2.13. The van der Waals surface area contributed by atoms with Crippen molar-refractivity contribution in [2.45, 2.75) is 32.4 Å². The first-order valence-corrected chi connectivity index (χ1v) is 5.83. The van der Waals surface area contributed by atoms with Crippen molar-refractivity contribution in [3.05, 3.63) is 28.8 Å². The van der Waals surface area contributed by atoms with Crippen molar-refractivity contribution in [2.24, 2.45) is 0 Å². The van der Waals surface area contributed by atoms with Gasteiger partial charge in [-0.2, -0.15) is 0 Å². The SMILES string of the molecule is CC(CCCO)NCc1cc(Cl)ccc1O. The van der Waals surface area contributed by atoms with Crippen molar-refractivity contribution < 1.29 is 10.2 Å². The third-order valence-corrected chi connectivity index (χ3v) is 2.71. The molecule has 0 saturated carbocycles. The molecule has 0 aromatic heterocycles. The number of hydrogen-bond acceptors (Lipinski definition) is 3. The average molecular weight is 244 g/mol. The van der Waals surface area contributed by atoms with E-state index >= 15 is 0 Å². The number of hydrogen-bond donors (Lipinski definition) is 3. The van der Waals surface area contributed by atoms with E-state index in [1.807, 2.05) is 0 Å². The molecule has 0 amide bonds. The lowest BCUT2D eigenvalue weighted by Crippen LogP contribution is -2.25. The minimum atomic E-state index is 0.217. The van der Waals surface area contributed by atoms with Gasteiger partial charge in [0.1, 0.15) is 5.75 Å². The largest absolute Gasteiger partial charge is 0.508 e. The molecule has 0 aliphatic rings. The topological polar surface area (TPSA) is 52.5 Å². The highest BCUT2D eigenvalue weighted by atomic mass is 35.5. The van der Waals surface area contributed by atoms with Gasteiger partial charge in [-0.3, -0.25) is 0 Å². The molecule has 3 nitrogen and oxygen atoms in total. The second-order valence-corrected chi connectivity index (χ2v) is 4.36. The van der Waals surface area contributed by atoms with Crippen LogP contribution < -0.4 is 5.32 Å². The number of rotatable bonds is 6. The first kappa shape index (κ1) is 13.3. The zero-order chi connectivity index (χ0) is 12.0. The summed E-state index contributed by atoms with van der Waals surface area (Å²) in [5.41, 5.74) is 0.795. The van der Waals surface area contributed by atoms with Crippen molar-refractivity contribution >= 4 is 11.6 Å². The Morgan fingerprint density at radius 2 is 2.19 bits per heavy atom. The van der Waals surface area contributed by atoms with Crippen LogP contribution in [0.1, 0.15) is 25.3 Å². The summed E-state index contributed by atoms with van der Waals surface area (Å²) in [4.78, 5) is 0. The number of phenols is 1. The molecular formula is C12H18ClNO2. The Labute approximate surface area is 101 Å². The monoisotopic (exact) mass is 243 g/mol. The maximum absolute atomic E-state index is 9.59. The molecule has 1 aromatic rings.